The first-order valence-corrected chi connectivity index (χ1v) is 8.78. The van der Waals surface area contributed by atoms with Gasteiger partial charge in [0, 0.05) is 19.2 Å². The van der Waals surface area contributed by atoms with Crippen molar-refractivity contribution < 1.29 is 19.4 Å². The molecule has 0 aliphatic carbocycles. The van der Waals surface area contributed by atoms with Crippen molar-refractivity contribution >= 4 is 5.91 Å². The number of hydrogen-bond acceptors (Lipinski definition) is 4. The molecule has 1 heterocycles. The molecule has 0 unspecified atom stereocenters. The average Bonchev–Trinajstić information content (AvgIpc) is 3.03. The summed E-state index contributed by atoms with van der Waals surface area (Å²) in [5.74, 6) is 0.657. The van der Waals surface area contributed by atoms with Crippen LogP contribution in [-0.2, 0) is 11.3 Å². The van der Waals surface area contributed by atoms with E-state index in [1.165, 1.54) is 0 Å². The van der Waals surface area contributed by atoms with E-state index in [1.54, 1.807) is 18.1 Å². The summed E-state index contributed by atoms with van der Waals surface area (Å²) in [6.45, 7) is 3.42. The van der Waals surface area contributed by atoms with Gasteiger partial charge in [-0.05, 0) is 48.7 Å². The molecule has 0 bridgehead atoms. The number of hydrogen-bond donors (Lipinski definition) is 1. The number of rotatable bonds is 6. The molecule has 2 aromatic carbocycles. The number of aryl methyl sites for hydroxylation is 1. The topological polar surface area (TPSA) is 59.0 Å². The van der Waals surface area contributed by atoms with Gasteiger partial charge in [0.2, 0.25) is 0 Å². The highest BCUT2D eigenvalue weighted by molar-refractivity contribution is 5.94. The predicted molar refractivity (Wildman–Crippen MR) is 99.3 cm³/mol. The Kier molecular flexibility index (Phi) is 5.59. The molecule has 0 saturated carbocycles. The van der Waals surface area contributed by atoms with Crippen molar-refractivity contribution in [3.63, 3.8) is 0 Å². The SMILES string of the molecule is COCc1cccc(C(=O)N2CC[C@](O)(COc3cccc(C)c3)C2)c1. The van der Waals surface area contributed by atoms with Crippen LogP contribution in [0.5, 0.6) is 5.75 Å². The number of aliphatic hydroxyl groups is 1. The van der Waals surface area contributed by atoms with Crippen molar-refractivity contribution in [3.05, 3.63) is 65.2 Å². The molecule has 26 heavy (non-hydrogen) atoms. The zero-order chi connectivity index (χ0) is 18.6. The average molecular weight is 355 g/mol. The second-order valence-electron chi connectivity index (χ2n) is 6.94. The number of amides is 1. The lowest BCUT2D eigenvalue weighted by molar-refractivity contribution is 0.00429. The van der Waals surface area contributed by atoms with E-state index >= 15 is 0 Å². The summed E-state index contributed by atoms with van der Waals surface area (Å²) in [5.41, 5.74) is 1.65. The molecular formula is C21H25NO4. The molecule has 3 rings (SSSR count). The number of nitrogens with zero attached hydrogens (tertiary/aromatic N) is 1. The van der Waals surface area contributed by atoms with Crippen LogP contribution >= 0.6 is 0 Å². The molecule has 0 aromatic heterocycles. The lowest BCUT2D eigenvalue weighted by Crippen LogP contribution is -2.40. The van der Waals surface area contributed by atoms with Crippen molar-refractivity contribution in [2.24, 2.45) is 0 Å². The maximum absolute atomic E-state index is 12.7. The van der Waals surface area contributed by atoms with E-state index < -0.39 is 5.60 Å². The number of methoxy groups -OCH3 is 1. The number of carbonyl (C=O) groups is 1. The van der Waals surface area contributed by atoms with Crippen molar-refractivity contribution in [2.45, 2.75) is 25.6 Å². The predicted octanol–water partition coefficient (Wildman–Crippen LogP) is 2.80. The first kappa shape index (κ1) is 18.4. The number of ether oxygens (including phenoxy) is 2. The van der Waals surface area contributed by atoms with Crippen molar-refractivity contribution in [2.75, 3.05) is 26.8 Å². The third kappa shape index (κ3) is 4.42. The molecule has 1 fully saturated rings. The molecule has 1 N–H and O–H groups in total. The van der Waals surface area contributed by atoms with E-state index in [1.807, 2.05) is 49.4 Å². The Hall–Kier alpha value is -2.37. The molecule has 1 aliphatic heterocycles. The third-order valence-corrected chi connectivity index (χ3v) is 4.60. The van der Waals surface area contributed by atoms with Gasteiger partial charge in [0.25, 0.3) is 5.91 Å². The summed E-state index contributed by atoms with van der Waals surface area (Å²) in [5, 5.41) is 10.8. The minimum absolute atomic E-state index is 0.0746. The summed E-state index contributed by atoms with van der Waals surface area (Å²) in [6, 6.07) is 15.1. The van der Waals surface area contributed by atoms with Crippen LogP contribution in [0.15, 0.2) is 48.5 Å². The minimum atomic E-state index is -1.02. The van der Waals surface area contributed by atoms with Gasteiger partial charge < -0.3 is 19.5 Å². The van der Waals surface area contributed by atoms with E-state index in [2.05, 4.69) is 0 Å². The molecule has 1 amide bonds. The minimum Gasteiger partial charge on any atom is -0.491 e. The first-order chi connectivity index (χ1) is 12.5. The summed E-state index contributed by atoms with van der Waals surface area (Å²) in [4.78, 5) is 14.4. The van der Waals surface area contributed by atoms with Gasteiger partial charge in [0.05, 0.1) is 13.2 Å². The Balaban J connectivity index is 1.61. The molecule has 2 aromatic rings. The van der Waals surface area contributed by atoms with Gasteiger partial charge in [-0.2, -0.15) is 0 Å². The summed E-state index contributed by atoms with van der Waals surface area (Å²) in [7, 11) is 1.63. The van der Waals surface area contributed by atoms with Crippen LogP contribution in [-0.4, -0.2) is 48.3 Å². The lowest BCUT2D eigenvalue weighted by atomic mass is 10.1. The van der Waals surface area contributed by atoms with E-state index in [4.69, 9.17) is 9.47 Å². The lowest BCUT2D eigenvalue weighted by Gasteiger charge is -2.24. The highest BCUT2D eigenvalue weighted by Crippen LogP contribution is 2.25. The Morgan fingerprint density at radius 3 is 2.81 bits per heavy atom. The van der Waals surface area contributed by atoms with Gasteiger partial charge in [-0.1, -0.05) is 24.3 Å². The van der Waals surface area contributed by atoms with Gasteiger partial charge in [0.1, 0.15) is 18.0 Å². The van der Waals surface area contributed by atoms with Crippen LogP contribution in [0.2, 0.25) is 0 Å². The molecule has 5 heteroatoms. The van der Waals surface area contributed by atoms with Gasteiger partial charge in [0.15, 0.2) is 0 Å². The second kappa shape index (κ2) is 7.89. The van der Waals surface area contributed by atoms with E-state index in [9.17, 15) is 9.90 Å². The quantitative estimate of drug-likeness (QED) is 0.866. The standard InChI is InChI=1S/C21H25NO4/c1-16-5-3-8-19(11-16)26-15-21(24)9-10-22(14-21)20(23)18-7-4-6-17(12-18)13-25-2/h3-8,11-12,24H,9-10,13-15H2,1-2H3/t21-/m1/s1. The number of β-amino-alcohol motifs (C(OH)–C–C–N with tert-alkyl or cyclic N) is 1. The van der Waals surface area contributed by atoms with E-state index in [0.717, 1.165) is 16.9 Å². The van der Waals surface area contributed by atoms with E-state index in [0.29, 0.717) is 25.1 Å². The fraction of sp³-hybridized carbons (Fsp3) is 0.381. The van der Waals surface area contributed by atoms with Crippen LogP contribution < -0.4 is 4.74 Å². The Morgan fingerprint density at radius 1 is 1.23 bits per heavy atom. The number of carbonyl (C=O) groups excluding carboxylic acids is 1. The van der Waals surface area contributed by atoms with Crippen LogP contribution in [0.25, 0.3) is 0 Å². The molecule has 0 spiro atoms. The zero-order valence-electron chi connectivity index (χ0n) is 15.3. The molecule has 1 atom stereocenters. The molecule has 1 aliphatic rings. The maximum Gasteiger partial charge on any atom is 0.253 e. The molecular weight excluding hydrogens is 330 g/mol. The zero-order valence-corrected chi connectivity index (χ0v) is 15.3. The van der Waals surface area contributed by atoms with Crippen LogP contribution in [0, 0.1) is 6.92 Å². The number of likely N-dealkylation sites (tertiary alicyclic amines) is 1. The maximum atomic E-state index is 12.7. The Bertz CT molecular complexity index is 776. The van der Waals surface area contributed by atoms with Gasteiger partial charge in [-0.25, -0.2) is 0 Å². The molecule has 0 radical (unpaired) electrons. The van der Waals surface area contributed by atoms with Crippen LogP contribution in [0.4, 0.5) is 0 Å². The smallest absolute Gasteiger partial charge is 0.253 e. The van der Waals surface area contributed by atoms with Gasteiger partial charge in [-0.3, -0.25) is 4.79 Å². The van der Waals surface area contributed by atoms with Crippen molar-refractivity contribution in [1.82, 2.24) is 4.90 Å². The molecule has 1 saturated heterocycles. The summed E-state index contributed by atoms with van der Waals surface area (Å²) < 4.78 is 10.9. The normalized spacial score (nSPS) is 19.6. The summed E-state index contributed by atoms with van der Waals surface area (Å²) in [6.07, 6.45) is 0.502. The highest BCUT2D eigenvalue weighted by Gasteiger charge is 2.39. The van der Waals surface area contributed by atoms with Crippen molar-refractivity contribution in [3.8, 4) is 5.75 Å². The van der Waals surface area contributed by atoms with Crippen LogP contribution in [0.1, 0.15) is 27.9 Å². The van der Waals surface area contributed by atoms with Crippen molar-refractivity contribution in [1.29, 1.82) is 0 Å². The highest BCUT2D eigenvalue weighted by atomic mass is 16.5. The first-order valence-electron chi connectivity index (χ1n) is 8.78. The van der Waals surface area contributed by atoms with Gasteiger partial charge >= 0.3 is 0 Å². The second-order valence-corrected chi connectivity index (χ2v) is 6.94. The fourth-order valence-corrected chi connectivity index (χ4v) is 3.21. The Labute approximate surface area is 154 Å². The fourth-order valence-electron chi connectivity index (χ4n) is 3.21. The number of benzene rings is 2. The van der Waals surface area contributed by atoms with Crippen LogP contribution in [0.3, 0.4) is 0 Å². The monoisotopic (exact) mass is 355 g/mol. The largest absolute Gasteiger partial charge is 0.491 e. The van der Waals surface area contributed by atoms with Gasteiger partial charge in [-0.15, -0.1) is 0 Å². The molecule has 5 nitrogen and oxygen atoms in total. The summed E-state index contributed by atoms with van der Waals surface area (Å²) >= 11 is 0. The van der Waals surface area contributed by atoms with E-state index in [-0.39, 0.29) is 19.1 Å². The Morgan fingerprint density at radius 2 is 2.04 bits per heavy atom. The molecule has 138 valence electrons. The third-order valence-electron chi connectivity index (χ3n) is 4.60.